The Hall–Kier alpha value is -0.260. The first-order valence-electron chi connectivity index (χ1n) is 4.97. The molecule has 2 N–H and O–H groups in total. The molecule has 0 aromatic carbocycles. The Labute approximate surface area is 83.1 Å². The van der Waals surface area contributed by atoms with E-state index in [0.29, 0.717) is 0 Å². The number of hydrogen-bond donors (Lipinski definition) is 2. The third kappa shape index (κ3) is 3.86. The molecular weight excluding hydrogens is 190 g/mol. The molecule has 1 aliphatic heterocycles. The van der Waals surface area contributed by atoms with Gasteiger partial charge in [-0.25, -0.2) is 8.78 Å². The van der Waals surface area contributed by atoms with Crippen molar-refractivity contribution in [2.45, 2.75) is 31.4 Å². The minimum absolute atomic E-state index is 0.0177. The van der Waals surface area contributed by atoms with Crippen molar-refractivity contribution < 1.29 is 13.9 Å². The van der Waals surface area contributed by atoms with Gasteiger partial charge in [-0.15, -0.1) is 0 Å². The van der Waals surface area contributed by atoms with E-state index >= 15 is 0 Å². The molecule has 0 aromatic rings. The van der Waals surface area contributed by atoms with E-state index in [1.165, 1.54) is 0 Å². The van der Waals surface area contributed by atoms with Crippen LogP contribution >= 0.6 is 0 Å². The maximum absolute atomic E-state index is 12.0. The summed E-state index contributed by atoms with van der Waals surface area (Å²) in [6.07, 6.45) is -2.11. The highest BCUT2D eigenvalue weighted by Gasteiger charge is 2.20. The smallest absolute Gasteiger partial charge is 0.265 e. The van der Waals surface area contributed by atoms with Gasteiger partial charge >= 0.3 is 0 Å². The monoisotopic (exact) mass is 208 g/mol. The minimum Gasteiger partial charge on any atom is -0.386 e. The number of piperidine rings is 1. The molecule has 0 bridgehead atoms. The Morgan fingerprint density at radius 2 is 2.29 bits per heavy atom. The molecule has 84 valence electrons. The van der Waals surface area contributed by atoms with E-state index in [-0.39, 0.29) is 12.6 Å². The number of likely N-dealkylation sites (tertiary alicyclic amines) is 1. The third-order valence-electron chi connectivity index (χ3n) is 2.53. The van der Waals surface area contributed by atoms with Crippen molar-refractivity contribution in [1.29, 1.82) is 0 Å². The molecule has 1 fully saturated rings. The molecule has 2 atom stereocenters. The zero-order chi connectivity index (χ0) is 10.6. The van der Waals surface area contributed by atoms with E-state index in [1.807, 2.05) is 7.05 Å². The first-order chi connectivity index (χ1) is 6.59. The zero-order valence-corrected chi connectivity index (χ0v) is 8.42. The van der Waals surface area contributed by atoms with Crippen LogP contribution < -0.4 is 5.32 Å². The van der Waals surface area contributed by atoms with Crippen molar-refractivity contribution in [1.82, 2.24) is 10.2 Å². The second-order valence-corrected chi connectivity index (χ2v) is 3.91. The molecule has 3 nitrogen and oxygen atoms in total. The number of alkyl halides is 2. The predicted molar refractivity (Wildman–Crippen MR) is 50.5 cm³/mol. The summed E-state index contributed by atoms with van der Waals surface area (Å²) in [6, 6.07) is 0.238. The lowest BCUT2D eigenvalue weighted by atomic mass is 10.1. The van der Waals surface area contributed by atoms with Crippen molar-refractivity contribution >= 4 is 0 Å². The van der Waals surface area contributed by atoms with Gasteiger partial charge in [0.1, 0.15) is 6.10 Å². The maximum Gasteiger partial charge on any atom is 0.265 e. The number of rotatable bonds is 4. The van der Waals surface area contributed by atoms with Crippen LogP contribution in [-0.4, -0.2) is 55.3 Å². The molecule has 0 saturated carbocycles. The molecule has 1 aliphatic rings. The standard InChI is InChI=1S/C9H18F2N2O/c1-13-4-2-3-7(6-13)12-5-8(14)9(10)11/h7-9,12,14H,2-6H2,1H3. The number of hydrogen-bond acceptors (Lipinski definition) is 3. The fraction of sp³-hybridized carbons (Fsp3) is 1.00. The van der Waals surface area contributed by atoms with Gasteiger partial charge in [-0.05, 0) is 26.4 Å². The Balaban J connectivity index is 2.17. The molecule has 1 saturated heterocycles. The van der Waals surface area contributed by atoms with Gasteiger partial charge in [0.2, 0.25) is 0 Å². The number of likely N-dealkylation sites (N-methyl/N-ethyl adjacent to an activating group) is 1. The fourth-order valence-corrected chi connectivity index (χ4v) is 1.71. The second kappa shape index (κ2) is 5.58. The predicted octanol–water partition coefficient (Wildman–Crippen LogP) is 0.296. The number of aliphatic hydroxyl groups is 1. The summed E-state index contributed by atoms with van der Waals surface area (Å²) in [4.78, 5) is 2.16. The molecule has 0 radical (unpaired) electrons. The van der Waals surface area contributed by atoms with Crippen LogP contribution in [-0.2, 0) is 0 Å². The van der Waals surface area contributed by atoms with Crippen LogP contribution in [0.3, 0.4) is 0 Å². The topological polar surface area (TPSA) is 35.5 Å². The van der Waals surface area contributed by atoms with Gasteiger partial charge < -0.3 is 15.3 Å². The lowest BCUT2D eigenvalue weighted by Crippen LogP contribution is -2.47. The first-order valence-corrected chi connectivity index (χ1v) is 4.97. The van der Waals surface area contributed by atoms with Crippen molar-refractivity contribution in [3.05, 3.63) is 0 Å². The van der Waals surface area contributed by atoms with Crippen molar-refractivity contribution in [3.8, 4) is 0 Å². The van der Waals surface area contributed by atoms with E-state index in [0.717, 1.165) is 25.9 Å². The molecule has 1 rings (SSSR count). The van der Waals surface area contributed by atoms with Gasteiger partial charge in [0.05, 0.1) is 0 Å². The summed E-state index contributed by atoms with van der Waals surface area (Å²) in [5, 5.41) is 11.9. The minimum atomic E-state index is -2.65. The van der Waals surface area contributed by atoms with Gasteiger partial charge in [-0.3, -0.25) is 0 Å². The van der Waals surface area contributed by atoms with Crippen LogP contribution in [0.15, 0.2) is 0 Å². The van der Waals surface area contributed by atoms with Gasteiger partial charge in [0.15, 0.2) is 0 Å². The quantitative estimate of drug-likeness (QED) is 0.697. The number of nitrogens with one attached hydrogen (secondary N) is 1. The first kappa shape index (κ1) is 11.8. The summed E-state index contributed by atoms with van der Waals surface area (Å²) in [5.41, 5.74) is 0. The van der Waals surface area contributed by atoms with Gasteiger partial charge in [0, 0.05) is 19.1 Å². The van der Waals surface area contributed by atoms with Crippen LogP contribution in [0.25, 0.3) is 0 Å². The lowest BCUT2D eigenvalue weighted by molar-refractivity contribution is -0.00574. The molecule has 1 heterocycles. The van der Waals surface area contributed by atoms with E-state index in [1.54, 1.807) is 0 Å². The van der Waals surface area contributed by atoms with Crippen molar-refractivity contribution in [3.63, 3.8) is 0 Å². The van der Waals surface area contributed by atoms with Crippen LogP contribution in [0, 0.1) is 0 Å². The number of aliphatic hydroxyl groups excluding tert-OH is 1. The molecule has 5 heteroatoms. The van der Waals surface area contributed by atoms with E-state index in [2.05, 4.69) is 10.2 Å². The average molecular weight is 208 g/mol. The molecule has 0 aliphatic carbocycles. The zero-order valence-electron chi connectivity index (χ0n) is 8.42. The maximum atomic E-state index is 12.0. The largest absolute Gasteiger partial charge is 0.386 e. The van der Waals surface area contributed by atoms with Gasteiger partial charge in [0.25, 0.3) is 6.43 Å². The van der Waals surface area contributed by atoms with Gasteiger partial charge in [-0.1, -0.05) is 0 Å². The van der Waals surface area contributed by atoms with Crippen LogP contribution in [0.5, 0.6) is 0 Å². The molecular formula is C9H18F2N2O. The van der Waals surface area contributed by atoms with Crippen LogP contribution in [0.4, 0.5) is 8.78 Å². The summed E-state index contributed by atoms with van der Waals surface area (Å²) >= 11 is 0. The van der Waals surface area contributed by atoms with Crippen molar-refractivity contribution in [2.75, 3.05) is 26.7 Å². The van der Waals surface area contributed by atoms with E-state index in [4.69, 9.17) is 5.11 Å². The molecule has 14 heavy (non-hydrogen) atoms. The molecule has 2 unspecified atom stereocenters. The fourth-order valence-electron chi connectivity index (χ4n) is 1.71. The number of nitrogens with zero attached hydrogens (tertiary/aromatic N) is 1. The highest BCUT2D eigenvalue weighted by atomic mass is 19.3. The van der Waals surface area contributed by atoms with E-state index < -0.39 is 12.5 Å². The summed E-state index contributed by atoms with van der Waals surface area (Å²) in [7, 11) is 2.01. The Kier molecular flexibility index (Phi) is 4.71. The molecule has 0 amide bonds. The normalized spacial score (nSPS) is 26.8. The Bertz CT molecular complexity index is 169. The Morgan fingerprint density at radius 1 is 1.57 bits per heavy atom. The summed E-state index contributed by atoms with van der Waals surface area (Å²) in [5.74, 6) is 0. The van der Waals surface area contributed by atoms with Crippen molar-refractivity contribution in [2.24, 2.45) is 0 Å². The average Bonchev–Trinajstić information content (AvgIpc) is 2.14. The third-order valence-corrected chi connectivity index (χ3v) is 2.53. The number of halogens is 2. The molecule has 0 spiro atoms. The van der Waals surface area contributed by atoms with E-state index in [9.17, 15) is 8.78 Å². The highest BCUT2D eigenvalue weighted by molar-refractivity contribution is 4.77. The van der Waals surface area contributed by atoms with Gasteiger partial charge in [-0.2, -0.15) is 0 Å². The van der Waals surface area contributed by atoms with Crippen LogP contribution in [0.1, 0.15) is 12.8 Å². The second-order valence-electron chi connectivity index (χ2n) is 3.91. The van der Waals surface area contributed by atoms with Crippen LogP contribution in [0.2, 0.25) is 0 Å². The Morgan fingerprint density at radius 3 is 2.86 bits per heavy atom. The lowest BCUT2D eigenvalue weighted by Gasteiger charge is -2.30. The summed E-state index contributed by atoms with van der Waals surface area (Å²) in [6.45, 7) is 1.92. The SMILES string of the molecule is CN1CCCC(NCC(O)C(F)F)C1. The highest BCUT2D eigenvalue weighted by Crippen LogP contribution is 2.08. The molecule has 0 aromatic heterocycles. The summed E-state index contributed by atoms with van der Waals surface area (Å²) < 4.78 is 23.9.